The van der Waals surface area contributed by atoms with Gasteiger partial charge in [0.15, 0.2) is 9.84 Å². The fraction of sp³-hybridized carbons (Fsp3) is 0.235. The zero-order valence-electron chi connectivity index (χ0n) is 14.1. The van der Waals surface area contributed by atoms with Gasteiger partial charge in [0.05, 0.1) is 26.4 Å². The van der Waals surface area contributed by atoms with E-state index < -0.39 is 26.7 Å². The Labute approximate surface area is 156 Å². The van der Waals surface area contributed by atoms with Gasteiger partial charge in [-0.05, 0) is 30.2 Å². The van der Waals surface area contributed by atoms with Gasteiger partial charge in [-0.3, -0.25) is 14.9 Å². The van der Waals surface area contributed by atoms with E-state index in [-0.39, 0.29) is 21.2 Å². The summed E-state index contributed by atoms with van der Waals surface area (Å²) in [5.74, 6) is -0.544. The van der Waals surface area contributed by atoms with Gasteiger partial charge in [-0.2, -0.15) is 0 Å². The van der Waals surface area contributed by atoms with Crippen molar-refractivity contribution in [3.05, 3.63) is 68.7 Å². The lowest BCUT2D eigenvalue weighted by Gasteiger charge is -2.18. The van der Waals surface area contributed by atoms with Crippen LogP contribution in [-0.2, 0) is 9.84 Å². The number of nitro benzene ring substituents is 1. The quantitative estimate of drug-likeness (QED) is 0.593. The normalized spacial score (nSPS) is 12.4. The molecule has 9 heteroatoms. The first-order chi connectivity index (χ1) is 12.1. The molecule has 0 aliphatic rings. The van der Waals surface area contributed by atoms with E-state index in [2.05, 4.69) is 5.32 Å². The third-order valence-corrected chi connectivity index (χ3v) is 5.29. The van der Waals surface area contributed by atoms with Gasteiger partial charge in [0.2, 0.25) is 0 Å². The average Bonchev–Trinajstić information content (AvgIpc) is 2.59. The molecular formula is C17H17ClN2O5S. The second-order valence-corrected chi connectivity index (χ2v) is 8.12. The molecule has 138 valence electrons. The molecule has 26 heavy (non-hydrogen) atoms. The summed E-state index contributed by atoms with van der Waals surface area (Å²) in [6.07, 6.45) is 1.65. The predicted octanol–water partition coefficient (Wildman–Crippen LogP) is 3.53. The van der Waals surface area contributed by atoms with Gasteiger partial charge in [0.1, 0.15) is 0 Å². The molecule has 7 nitrogen and oxygen atoms in total. The third-order valence-electron chi connectivity index (χ3n) is 3.83. The number of amides is 1. The van der Waals surface area contributed by atoms with Crippen LogP contribution >= 0.6 is 11.6 Å². The van der Waals surface area contributed by atoms with E-state index in [1.54, 1.807) is 12.1 Å². The van der Waals surface area contributed by atoms with Gasteiger partial charge in [0.25, 0.3) is 11.6 Å². The van der Waals surface area contributed by atoms with E-state index in [1.807, 2.05) is 6.92 Å². The number of halogens is 1. The van der Waals surface area contributed by atoms with Crippen molar-refractivity contribution in [2.45, 2.75) is 24.3 Å². The van der Waals surface area contributed by atoms with E-state index in [1.165, 1.54) is 24.3 Å². The largest absolute Gasteiger partial charge is 0.345 e. The first kappa shape index (κ1) is 19.9. The first-order valence-corrected chi connectivity index (χ1v) is 9.95. The number of nitro groups is 1. The summed E-state index contributed by atoms with van der Waals surface area (Å²) in [7, 11) is -3.31. The number of rotatable bonds is 6. The number of sulfone groups is 1. The van der Waals surface area contributed by atoms with Crippen molar-refractivity contribution in [2.75, 3.05) is 6.26 Å². The highest BCUT2D eigenvalue weighted by Gasteiger charge is 2.19. The molecule has 0 aliphatic heterocycles. The van der Waals surface area contributed by atoms with Crippen LogP contribution < -0.4 is 5.32 Å². The molecule has 2 aromatic rings. The molecule has 0 bridgehead atoms. The first-order valence-electron chi connectivity index (χ1n) is 7.68. The van der Waals surface area contributed by atoms with Crippen molar-refractivity contribution in [1.29, 1.82) is 0 Å². The fourth-order valence-corrected chi connectivity index (χ4v) is 3.24. The molecule has 0 saturated carbocycles. The van der Waals surface area contributed by atoms with Gasteiger partial charge in [-0.15, -0.1) is 0 Å². The van der Waals surface area contributed by atoms with Crippen molar-refractivity contribution in [3.8, 4) is 0 Å². The molecule has 2 aromatic carbocycles. The van der Waals surface area contributed by atoms with Crippen LogP contribution in [0.4, 0.5) is 5.69 Å². The van der Waals surface area contributed by atoms with Crippen molar-refractivity contribution >= 4 is 33.0 Å². The zero-order valence-corrected chi connectivity index (χ0v) is 15.7. The summed E-state index contributed by atoms with van der Waals surface area (Å²) < 4.78 is 23.1. The molecule has 0 saturated heterocycles. The maximum Gasteiger partial charge on any atom is 0.270 e. The van der Waals surface area contributed by atoms with Crippen LogP contribution in [0.15, 0.2) is 47.4 Å². The second-order valence-electron chi connectivity index (χ2n) is 5.70. The number of carbonyl (C=O) groups is 1. The fourth-order valence-electron chi connectivity index (χ4n) is 2.41. The highest BCUT2D eigenvalue weighted by molar-refractivity contribution is 7.90. The van der Waals surface area contributed by atoms with Crippen LogP contribution in [0.1, 0.15) is 35.3 Å². The number of non-ortho nitro benzene ring substituents is 1. The minimum Gasteiger partial charge on any atom is -0.345 e. The lowest BCUT2D eigenvalue weighted by atomic mass is 10.0. The molecule has 0 heterocycles. The maximum atomic E-state index is 12.5. The van der Waals surface area contributed by atoms with Crippen LogP contribution in [0.5, 0.6) is 0 Å². The molecule has 1 unspecified atom stereocenters. The van der Waals surface area contributed by atoms with Crippen molar-refractivity contribution in [2.24, 2.45) is 0 Å². The third kappa shape index (κ3) is 4.59. The Kier molecular flexibility index (Phi) is 5.99. The lowest BCUT2D eigenvalue weighted by molar-refractivity contribution is -0.384. The molecule has 0 aliphatic carbocycles. The summed E-state index contributed by atoms with van der Waals surface area (Å²) in [5.41, 5.74) is 0.493. The van der Waals surface area contributed by atoms with Gasteiger partial charge >= 0.3 is 0 Å². The van der Waals surface area contributed by atoms with Crippen LogP contribution in [0, 0.1) is 10.1 Å². The van der Waals surface area contributed by atoms with Crippen LogP contribution in [-0.4, -0.2) is 25.5 Å². The summed E-state index contributed by atoms with van der Waals surface area (Å²) in [6, 6.07) is 9.44. The summed E-state index contributed by atoms with van der Waals surface area (Å²) in [6.45, 7) is 1.85. The number of hydrogen-bond donors (Lipinski definition) is 1. The molecule has 2 rings (SSSR count). The van der Waals surface area contributed by atoms with E-state index in [4.69, 9.17) is 11.6 Å². The van der Waals surface area contributed by atoms with Gasteiger partial charge in [0, 0.05) is 18.4 Å². The van der Waals surface area contributed by atoms with Crippen LogP contribution in [0.2, 0.25) is 5.02 Å². The van der Waals surface area contributed by atoms with Gasteiger partial charge in [-0.1, -0.05) is 30.7 Å². The zero-order chi connectivity index (χ0) is 19.5. The van der Waals surface area contributed by atoms with Crippen molar-refractivity contribution < 1.29 is 18.1 Å². The summed E-state index contributed by atoms with van der Waals surface area (Å²) >= 11 is 5.99. The average molecular weight is 397 g/mol. The summed E-state index contributed by atoms with van der Waals surface area (Å²) in [4.78, 5) is 23.0. The number of nitrogens with zero attached hydrogens (tertiary/aromatic N) is 1. The van der Waals surface area contributed by atoms with E-state index in [0.29, 0.717) is 6.42 Å². The molecule has 0 radical (unpaired) electrons. The lowest BCUT2D eigenvalue weighted by Crippen LogP contribution is -2.28. The number of hydrogen-bond acceptors (Lipinski definition) is 5. The molecule has 0 aromatic heterocycles. The Bertz CT molecular complexity index is 942. The predicted molar refractivity (Wildman–Crippen MR) is 98.2 cm³/mol. The monoisotopic (exact) mass is 396 g/mol. The molecular weight excluding hydrogens is 380 g/mol. The van der Waals surface area contributed by atoms with Crippen molar-refractivity contribution in [1.82, 2.24) is 5.32 Å². The molecule has 1 amide bonds. The molecule has 0 spiro atoms. The Morgan fingerprint density at radius 3 is 2.35 bits per heavy atom. The number of nitrogens with one attached hydrogen (secondary N) is 1. The highest BCUT2D eigenvalue weighted by atomic mass is 35.5. The second kappa shape index (κ2) is 7.84. The number of carbonyl (C=O) groups excluding carboxylic acids is 1. The van der Waals surface area contributed by atoms with E-state index in [0.717, 1.165) is 17.9 Å². The minimum atomic E-state index is -3.31. The van der Waals surface area contributed by atoms with Gasteiger partial charge in [-0.25, -0.2) is 8.42 Å². The Morgan fingerprint density at radius 2 is 1.85 bits per heavy atom. The van der Waals surface area contributed by atoms with Crippen molar-refractivity contribution in [3.63, 3.8) is 0 Å². The SMILES string of the molecule is CCC(NC(=O)c1cc([N+](=O)[O-])ccc1Cl)c1ccc(S(C)(=O)=O)cc1. The van der Waals surface area contributed by atoms with Crippen LogP contribution in [0.25, 0.3) is 0 Å². The Balaban J connectivity index is 2.26. The Hall–Kier alpha value is -2.45. The molecule has 1 N–H and O–H groups in total. The van der Waals surface area contributed by atoms with Crippen LogP contribution in [0.3, 0.4) is 0 Å². The molecule has 0 fully saturated rings. The smallest absolute Gasteiger partial charge is 0.270 e. The number of benzene rings is 2. The topological polar surface area (TPSA) is 106 Å². The Morgan fingerprint density at radius 1 is 1.23 bits per heavy atom. The maximum absolute atomic E-state index is 12.5. The van der Waals surface area contributed by atoms with E-state index >= 15 is 0 Å². The molecule has 1 atom stereocenters. The minimum absolute atomic E-state index is 0.00655. The summed E-state index contributed by atoms with van der Waals surface area (Å²) in [5, 5.41) is 13.8. The van der Waals surface area contributed by atoms with E-state index in [9.17, 15) is 23.3 Å². The standard InChI is InChI=1S/C17H17ClN2O5S/c1-3-16(11-4-7-13(8-5-11)26(2,24)25)19-17(21)14-10-12(20(22)23)6-9-15(14)18/h4-10,16H,3H2,1-2H3,(H,19,21). The highest BCUT2D eigenvalue weighted by Crippen LogP contribution is 2.24. The van der Waals surface area contributed by atoms with Gasteiger partial charge < -0.3 is 5.32 Å².